The molecule has 1 rings (SSSR count). The summed E-state index contributed by atoms with van der Waals surface area (Å²) in [5, 5.41) is 0. The summed E-state index contributed by atoms with van der Waals surface area (Å²) in [6.07, 6.45) is 4.12. The Hall–Kier alpha value is -2.14. The first kappa shape index (κ1) is 17.9. The molecule has 0 amide bonds. The van der Waals surface area contributed by atoms with Gasteiger partial charge in [0.2, 0.25) is 0 Å². The third-order valence-electron chi connectivity index (χ3n) is 3.56. The van der Waals surface area contributed by atoms with Crippen molar-refractivity contribution < 1.29 is 9.59 Å². The Kier molecular flexibility index (Phi) is 6.79. The SMILES string of the molecule is CC(=O)CC/C=C(/C)C#Cc1c(C)ccc(C(C)C)c1C=O. The molecule has 2 heteroatoms. The zero-order valence-electron chi connectivity index (χ0n) is 14.1. The van der Waals surface area contributed by atoms with Crippen molar-refractivity contribution in [2.75, 3.05) is 0 Å². The molecule has 0 radical (unpaired) electrons. The largest absolute Gasteiger partial charge is 0.300 e. The Morgan fingerprint density at radius 2 is 1.95 bits per heavy atom. The molecule has 0 unspecified atom stereocenters. The lowest BCUT2D eigenvalue weighted by Gasteiger charge is -2.12. The zero-order valence-corrected chi connectivity index (χ0v) is 14.1. The average molecular weight is 296 g/mol. The molecule has 1 aromatic carbocycles. The summed E-state index contributed by atoms with van der Waals surface area (Å²) in [4.78, 5) is 22.4. The molecular formula is C20H24O2. The highest BCUT2D eigenvalue weighted by molar-refractivity contribution is 5.83. The second-order valence-corrected chi connectivity index (χ2v) is 5.91. The molecule has 0 aliphatic heterocycles. The number of hydrogen-bond acceptors (Lipinski definition) is 2. The van der Waals surface area contributed by atoms with Crippen LogP contribution in [0.3, 0.4) is 0 Å². The molecule has 1 aromatic rings. The summed E-state index contributed by atoms with van der Waals surface area (Å²) >= 11 is 0. The molecule has 0 aliphatic rings. The normalized spacial score (nSPS) is 11.1. The fourth-order valence-electron chi connectivity index (χ4n) is 2.25. The molecule has 22 heavy (non-hydrogen) atoms. The van der Waals surface area contributed by atoms with E-state index in [-0.39, 0.29) is 11.7 Å². The third kappa shape index (κ3) is 5.00. The summed E-state index contributed by atoms with van der Waals surface area (Å²) in [5.41, 5.74) is 4.46. The number of benzene rings is 1. The number of carbonyl (C=O) groups is 2. The molecule has 116 valence electrons. The van der Waals surface area contributed by atoms with Crippen molar-refractivity contribution in [3.05, 3.63) is 46.0 Å². The number of aryl methyl sites for hydroxylation is 1. The topological polar surface area (TPSA) is 34.1 Å². The molecule has 0 N–H and O–H groups in total. The minimum atomic E-state index is 0.181. The van der Waals surface area contributed by atoms with Gasteiger partial charge in [-0.15, -0.1) is 0 Å². The molecule has 0 fully saturated rings. The van der Waals surface area contributed by atoms with Crippen LogP contribution in [0, 0.1) is 18.8 Å². The molecule has 0 aliphatic carbocycles. The minimum absolute atomic E-state index is 0.181. The van der Waals surface area contributed by atoms with Crippen molar-refractivity contribution >= 4 is 12.1 Å². The van der Waals surface area contributed by atoms with Gasteiger partial charge in [-0.2, -0.15) is 0 Å². The van der Waals surface area contributed by atoms with Crippen LogP contribution in [0.4, 0.5) is 0 Å². The fraction of sp³-hybridized carbons (Fsp3) is 0.400. The second-order valence-electron chi connectivity index (χ2n) is 5.91. The zero-order chi connectivity index (χ0) is 16.7. The van der Waals surface area contributed by atoms with Crippen LogP contribution in [0.2, 0.25) is 0 Å². The van der Waals surface area contributed by atoms with Gasteiger partial charge in [0, 0.05) is 17.5 Å². The van der Waals surface area contributed by atoms with E-state index in [1.54, 1.807) is 6.92 Å². The lowest BCUT2D eigenvalue weighted by molar-refractivity contribution is -0.116. The lowest BCUT2D eigenvalue weighted by Crippen LogP contribution is -2.00. The van der Waals surface area contributed by atoms with Gasteiger partial charge in [-0.3, -0.25) is 4.79 Å². The average Bonchev–Trinajstić information content (AvgIpc) is 2.44. The van der Waals surface area contributed by atoms with Gasteiger partial charge in [-0.25, -0.2) is 0 Å². The van der Waals surface area contributed by atoms with Gasteiger partial charge in [0.05, 0.1) is 0 Å². The van der Waals surface area contributed by atoms with E-state index in [4.69, 9.17) is 0 Å². The third-order valence-corrected chi connectivity index (χ3v) is 3.56. The monoisotopic (exact) mass is 296 g/mol. The van der Waals surface area contributed by atoms with Crippen molar-refractivity contribution in [1.29, 1.82) is 0 Å². The highest BCUT2D eigenvalue weighted by Gasteiger charge is 2.11. The maximum absolute atomic E-state index is 11.5. The Morgan fingerprint density at radius 1 is 1.27 bits per heavy atom. The Balaban J connectivity index is 3.13. The van der Waals surface area contributed by atoms with E-state index < -0.39 is 0 Å². The van der Waals surface area contributed by atoms with Crippen LogP contribution in [-0.4, -0.2) is 12.1 Å². The molecule has 0 atom stereocenters. The van der Waals surface area contributed by atoms with Crippen LogP contribution in [0.1, 0.15) is 73.5 Å². The smallest absolute Gasteiger partial charge is 0.151 e. The minimum Gasteiger partial charge on any atom is -0.300 e. The first-order valence-electron chi connectivity index (χ1n) is 7.63. The summed E-state index contributed by atoms with van der Waals surface area (Å²) in [7, 11) is 0. The number of rotatable bonds is 5. The van der Waals surface area contributed by atoms with Crippen molar-refractivity contribution in [3.63, 3.8) is 0 Å². The van der Waals surface area contributed by atoms with E-state index in [2.05, 4.69) is 25.7 Å². The Bertz CT molecular complexity index is 652. The standard InChI is InChI=1S/C20H24O2/c1-14(2)18-12-10-16(4)19(20(18)13-21)11-9-15(3)7-6-8-17(5)22/h7,10,12-14H,6,8H2,1-5H3/b15-7-. The highest BCUT2D eigenvalue weighted by Crippen LogP contribution is 2.23. The van der Waals surface area contributed by atoms with Crippen molar-refractivity contribution in [3.8, 4) is 11.8 Å². The summed E-state index contributed by atoms with van der Waals surface area (Å²) in [5.74, 6) is 6.69. The maximum Gasteiger partial charge on any atom is 0.151 e. The van der Waals surface area contributed by atoms with Gasteiger partial charge < -0.3 is 4.79 Å². The van der Waals surface area contributed by atoms with Gasteiger partial charge in [0.15, 0.2) is 6.29 Å². The molecule has 0 aromatic heterocycles. The number of Topliss-reactive ketones (excluding diaryl/α,β-unsaturated/α-hetero) is 1. The lowest BCUT2D eigenvalue weighted by atomic mass is 9.91. The number of allylic oxidation sites excluding steroid dienone is 2. The van der Waals surface area contributed by atoms with E-state index in [1.807, 2.05) is 32.1 Å². The van der Waals surface area contributed by atoms with Gasteiger partial charge in [0.1, 0.15) is 5.78 Å². The summed E-state index contributed by atoms with van der Waals surface area (Å²) in [6.45, 7) is 9.63. The summed E-state index contributed by atoms with van der Waals surface area (Å²) in [6, 6.07) is 4.02. The molecule has 0 spiro atoms. The van der Waals surface area contributed by atoms with E-state index >= 15 is 0 Å². The van der Waals surface area contributed by atoms with Crippen molar-refractivity contribution in [2.24, 2.45) is 0 Å². The van der Waals surface area contributed by atoms with Crippen LogP contribution < -0.4 is 0 Å². The van der Waals surface area contributed by atoms with Crippen molar-refractivity contribution in [1.82, 2.24) is 0 Å². The quantitative estimate of drug-likeness (QED) is 0.588. The molecular weight excluding hydrogens is 272 g/mol. The number of ketones is 1. The number of aldehydes is 1. The van der Waals surface area contributed by atoms with Gasteiger partial charge in [-0.1, -0.05) is 43.9 Å². The van der Waals surface area contributed by atoms with Crippen LogP contribution in [0.15, 0.2) is 23.8 Å². The molecule has 2 nitrogen and oxygen atoms in total. The highest BCUT2D eigenvalue weighted by atomic mass is 16.1. The van der Waals surface area contributed by atoms with Crippen LogP contribution >= 0.6 is 0 Å². The summed E-state index contributed by atoms with van der Waals surface area (Å²) < 4.78 is 0. The van der Waals surface area contributed by atoms with Gasteiger partial charge >= 0.3 is 0 Å². The van der Waals surface area contributed by atoms with Crippen LogP contribution in [-0.2, 0) is 4.79 Å². The Labute approximate surface area is 133 Å². The van der Waals surface area contributed by atoms with Crippen LogP contribution in [0.25, 0.3) is 0 Å². The molecule has 0 heterocycles. The Morgan fingerprint density at radius 3 is 2.50 bits per heavy atom. The van der Waals surface area contributed by atoms with Gasteiger partial charge in [0.25, 0.3) is 0 Å². The molecule has 0 saturated heterocycles. The molecule has 0 saturated carbocycles. The molecule has 0 bridgehead atoms. The first-order valence-corrected chi connectivity index (χ1v) is 7.63. The van der Waals surface area contributed by atoms with E-state index in [9.17, 15) is 9.59 Å². The fourth-order valence-corrected chi connectivity index (χ4v) is 2.25. The van der Waals surface area contributed by atoms with Crippen LogP contribution in [0.5, 0.6) is 0 Å². The predicted octanol–water partition coefficient (Wildman–Crippen LogP) is 4.60. The van der Waals surface area contributed by atoms with Crippen molar-refractivity contribution in [2.45, 2.75) is 53.4 Å². The van der Waals surface area contributed by atoms with E-state index in [1.165, 1.54) is 0 Å². The maximum atomic E-state index is 11.5. The predicted molar refractivity (Wildman–Crippen MR) is 91.2 cm³/mol. The second kappa shape index (κ2) is 8.34. The number of carbonyl (C=O) groups excluding carboxylic acids is 2. The number of hydrogen-bond donors (Lipinski definition) is 0. The first-order chi connectivity index (χ1) is 10.4. The van der Waals surface area contributed by atoms with Gasteiger partial charge in [-0.05, 0) is 49.8 Å². The van der Waals surface area contributed by atoms with E-state index in [0.717, 1.165) is 28.5 Å². The van der Waals surface area contributed by atoms with E-state index in [0.29, 0.717) is 18.4 Å².